The molecule has 0 spiro atoms. The second-order valence-electron chi connectivity index (χ2n) is 4.00. The minimum atomic E-state index is -3.31. The van der Waals surface area contributed by atoms with Crippen LogP contribution in [0.15, 0.2) is 23.1 Å². The average Bonchev–Trinajstić information content (AvgIpc) is 2.28. The van der Waals surface area contributed by atoms with Crippen LogP contribution in [0.3, 0.4) is 0 Å². The van der Waals surface area contributed by atoms with E-state index in [-0.39, 0.29) is 10.8 Å². The van der Waals surface area contributed by atoms with Crippen molar-refractivity contribution >= 4 is 15.7 Å². The molecule has 0 aliphatic heterocycles. The topological polar surface area (TPSA) is 72.5 Å². The van der Waals surface area contributed by atoms with E-state index >= 15 is 0 Å². The fourth-order valence-corrected chi connectivity index (χ4v) is 2.09. The zero-order chi connectivity index (χ0) is 13.8. The summed E-state index contributed by atoms with van der Waals surface area (Å²) < 4.78 is 27.7. The Hall–Kier alpha value is -1.40. The second kappa shape index (κ2) is 5.97. The van der Waals surface area contributed by atoms with Gasteiger partial charge in [0.25, 0.3) is 5.91 Å². The first-order valence-electron chi connectivity index (χ1n) is 5.44. The SMILES string of the molecule is COCCNC(=O)c1cc(S(C)(=O)=O)ccc1C. The molecule has 0 unspecified atom stereocenters. The van der Waals surface area contributed by atoms with Crippen LogP contribution in [0.25, 0.3) is 0 Å². The maximum absolute atomic E-state index is 11.9. The van der Waals surface area contributed by atoms with E-state index in [2.05, 4.69) is 5.32 Å². The van der Waals surface area contributed by atoms with Crippen molar-refractivity contribution in [1.82, 2.24) is 5.32 Å². The normalized spacial score (nSPS) is 11.3. The summed E-state index contributed by atoms with van der Waals surface area (Å²) in [6.45, 7) is 2.56. The van der Waals surface area contributed by atoms with Crippen LogP contribution in [0.4, 0.5) is 0 Å². The molecule has 0 aliphatic rings. The molecule has 0 saturated heterocycles. The predicted molar refractivity (Wildman–Crippen MR) is 68.5 cm³/mol. The van der Waals surface area contributed by atoms with Crippen LogP contribution in [0.1, 0.15) is 15.9 Å². The van der Waals surface area contributed by atoms with Crippen molar-refractivity contribution in [3.8, 4) is 0 Å². The molecule has 0 heterocycles. The molecule has 1 aromatic rings. The largest absolute Gasteiger partial charge is 0.383 e. The maximum Gasteiger partial charge on any atom is 0.251 e. The molecule has 0 bridgehead atoms. The van der Waals surface area contributed by atoms with Gasteiger partial charge in [-0.15, -0.1) is 0 Å². The van der Waals surface area contributed by atoms with Crippen LogP contribution in [0, 0.1) is 6.92 Å². The highest BCUT2D eigenvalue weighted by molar-refractivity contribution is 7.90. The van der Waals surface area contributed by atoms with Crippen LogP contribution >= 0.6 is 0 Å². The van der Waals surface area contributed by atoms with Crippen LogP contribution < -0.4 is 5.32 Å². The zero-order valence-corrected chi connectivity index (χ0v) is 11.5. The lowest BCUT2D eigenvalue weighted by molar-refractivity contribution is 0.0936. The van der Waals surface area contributed by atoms with Gasteiger partial charge in [-0.05, 0) is 24.6 Å². The summed E-state index contributed by atoms with van der Waals surface area (Å²) in [7, 11) is -1.76. The summed E-state index contributed by atoms with van der Waals surface area (Å²) in [5, 5.41) is 2.66. The fourth-order valence-electron chi connectivity index (χ4n) is 1.44. The molecule has 0 saturated carbocycles. The Morgan fingerprint density at radius 3 is 2.61 bits per heavy atom. The van der Waals surface area contributed by atoms with E-state index in [1.807, 2.05) is 0 Å². The Balaban J connectivity index is 2.97. The minimum absolute atomic E-state index is 0.144. The average molecular weight is 271 g/mol. The third-order valence-corrected chi connectivity index (χ3v) is 3.58. The molecule has 0 fully saturated rings. The minimum Gasteiger partial charge on any atom is -0.383 e. The molecule has 1 rings (SSSR count). The molecule has 100 valence electrons. The highest BCUT2D eigenvalue weighted by Crippen LogP contribution is 2.15. The number of carbonyl (C=O) groups is 1. The van der Waals surface area contributed by atoms with Gasteiger partial charge in [-0.3, -0.25) is 4.79 Å². The lowest BCUT2D eigenvalue weighted by Gasteiger charge is -2.08. The molecular weight excluding hydrogens is 254 g/mol. The number of nitrogens with one attached hydrogen (secondary N) is 1. The van der Waals surface area contributed by atoms with Crippen molar-refractivity contribution in [1.29, 1.82) is 0 Å². The Bertz CT molecular complexity index is 537. The summed E-state index contributed by atoms with van der Waals surface area (Å²) in [5.41, 5.74) is 1.10. The van der Waals surface area contributed by atoms with Gasteiger partial charge in [0.15, 0.2) is 9.84 Å². The Morgan fingerprint density at radius 1 is 1.39 bits per heavy atom. The van der Waals surface area contributed by atoms with E-state index in [0.29, 0.717) is 18.7 Å². The van der Waals surface area contributed by atoms with E-state index in [0.717, 1.165) is 11.8 Å². The molecule has 0 radical (unpaired) electrons. The summed E-state index contributed by atoms with van der Waals surface area (Å²) in [6, 6.07) is 4.52. The molecule has 5 nitrogen and oxygen atoms in total. The van der Waals surface area contributed by atoms with Gasteiger partial charge in [-0.25, -0.2) is 8.42 Å². The van der Waals surface area contributed by atoms with Gasteiger partial charge in [0, 0.05) is 25.5 Å². The number of amides is 1. The van der Waals surface area contributed by atoms with Crippen LogP contribution in [-0.4, -0.2) is 40.8 Å². The monoisotopic (exact) mass is 271 g/mol. The second-order valence-corrected chi connectivity index (χ2v) is 6.01. The molecule has 1 aromatic carbocycles. The summed E-state index contributed by atoms with van der Waals surface area (Å²) in [6.07, 6.45) is 1.12. The van der Waals surface area contributed by atoms with E-state index in [1.54, 1.807) is 20.1 Å². The number of hydrogen-bond acceptors (Lipinski definition) is 4. The van der Waals surface area contributed by atoms with Crippen molar-refractivity contribution in [3.63, 3.8) is 0 Å². The molecule has 0 aliphatic carbocycles. The van der Waals surface area contributed by atoms with Crippen molar-refractivity contribution in [2.24, 2.45) is 0 Å². The third-order valence-electron chi connectivity index (χ3n) is 2.47. The lowest BCUT2D eigenvalue weighted by atomic mass is 10.1. The number of aryl methyl sites for hydroxylation is 1. The molecule has 1 N–H and O–H groups in total. The molecular formula is C12H17NO4S. The van der Waals surface area contributed by atoms with Crippen LogP contribution in [0.2, 0.25) is 0 Å². The van der Waals surface area contributed by atoms with E-state index in [9.17, 15) is 13.2 Å². The smallest absolute Gasteiger partial charge is 0.251 e. The number of benzene rings is 1. The molecule has 18 heavy (non-hydrogen) atoms. The van der Waals surface area contributed by atoms with Crippen LogP contribution in [-0.2, 0) is 14.6 Å². The van der Waals surface area contributed by atoms with Gasteiger partial charge < -0.3 is 10.1 Å². The molecule has 0 atom stereocenters. The number of carbonyl (C=O) groups excluding carboxylic acids is 1. The van der Waals surface area contributed by atoms with Crippen molar-refractivity contribution in [2.45, 2.75) is 11.8 Å². The van der Waals surface area contributed by atoms with E-state index < -0.39 is 9.84 Å². The standard InChI is InChI=1S/C12H17NO4S/c1-9-4-5-10(18(3,15)16)8-11(9)12(14)13-6-7-17-2/h4-5,8H,6-7H2,1-3H3,(H,13,14). The number of sulfone groups is 1. The molecule has 1 amide bonds. The van der Waals surface area contributed by atoms with Gasteiger partial charge in [-0.1, -0.05) is 6.07 Å². The lowest BCUT2D eigenvalue weighted by Crippen LogP contribution is -2.27. The van der Waals surface area contributed by atoms with Gasteiger partial charge in [0.05, 0.1) is 11.5 Å². The first-order valence-corrected chi connectivity index (χ1v) is 7.33. The zero-order valence-electron chi connectivity index (χ0n) is 10.7. The van der Waals surface area contributed by atoms with Crippen molar-refractivity contribution in [2.75, 3.05) is 26.5 Å². The fraction of sp³-hybridized carbons (Fsp3) is 0.417. The highest BCUT2D eigenvalue weighted by Gasteiger charge is 2.13. The number of methoxy groups -OCH3 is 1. The van der Waals surface area contributed by atoms with Crippen LogP contribution in [0.5, 0.6) is 0 Å². The quantitative estimate of drug-likeness (QED) is 0.803. The van der Waals surface area contributed by atoms with Gasteiger partial charge in [0.2, 0.25) is 0 Å². The van der Waals surface area contributed by atoms with Gasteiger partial charge >= 0.3 is 0 Å². The van der Waals surface area contributed by atoms with Gasteiger partial charge in [-0.2, -0.15) is 0 Å². The highest BCUT2D eigenvalue weighted by atomic mass is 32.2. The van der Waals surface area contributed by atoms with E-state index in [1.165, 1.54) is 12.1 Å². The third kappa shape index (κ3) is 3.82. The Morgan fingerprint density at radius 2 is 2.06 bits per heavy atom. The Kier molecular flexibility index (Phi) is 4.86. The molecule has 6 heteroatoms. The predicted octanol–water partition coefficient (Wildman–Crippen LogP) is 0.775. The maximum atomic E-state index is 11.9. The summed E-state index contributed by atoms with van der Waals surface area (Å²) in [4.78, 5) is 12.0. The number of hydrogen-bond donors (Lipinski definition) is 1. The van der Waals surface area contributed by atoms with E-state index in [4.69, 9.17) is 4.74 Å². The van der Waals surface area contributed by atoms with Gasteiger partial charge in [0.1, 0.15) is 0 Å². The first kappa shape index (κ1) is 14.7. The number of ether oxygens (including phenoxy) is 1. The van der Waals surface area contributed by atoms with Crippen molar-refractivity contribution < 1.29 is 17.9 Å². The molecule has 0 aromatic heterocycles. The first-order chi connectivity index (χ1) is 8.36. The summed E-state index contributed by atoms with van der Waals surface area (Å²) >= 11 is 0. The number of rotatable bonds is 5. The van der Waals surface area contributed by atoms with Crippen molar-refractivity contribution in [3.05, 3.63) is 29.3 Å². The Labute approximate surface area is 107 Å². The summed E-state index contributed by atoms with van der Waals surface area (Å²) in [5.74, 6) is -0.296.